The maximum atomic E-state index is 5.47. The van der Waals surface area contributed by atoms with Crippen LogP contribution in [-0.2, 0) is 11.3 Å². The Labute approximate surface area is 165 Å². The van der Waals surface area contributed by atoms with Crippen LogP contribution in [0.4, 0.5) is 23.1 Å². The summed E-state index contributed by atoms with van der Waals surface area (Å²) in [6, 6.07) is 18.5. The first kappa shape index (κ1) is 18.2. The molecule has 0 radical (unpaired) electrons. The van der Waals surface area contributed by atoms with E-state index in [1.54, 1.807) is 6.20 Å². The summed E-state index contributed by atoms with van der Waals surface area (Å²) in [6.45, 7) is 3.98. The molecule has 2 heterocycles. The molecule has 3 aromatic rings. The summed E-state index contributed by atoms with van der Waals surface area (Å²) in [5.41, 5.74) is 3.31. The van der Waals surface area contributed by atoms with E-state index >= 15 is 0 Å². The molecule has 0 unspecified atom stereocenters. The molecule has 1 aliphatic heterocycles. The van der Waals surface area contributed by atoms with Crippen molar-refractivity contribution in [3.63, 3.8) is 0 Å². The van der Waals surface area contributed by atoms with E-state index in [1.807, 2.05) is 43.4 Å². The van der Waals surface area contributed by atoms with Crippen molar-refractivity contribution in [1.29, 1.82) is 0 Å². The van der Waals surface area contributed by atoms with E-state index in [0.717, 1.165) is 50.0 Å². The van der Waals surface area contributed by atoms with Gasteiger partial charge in [0.2, 0.25) is 5.95 Å². The van der Waals surface area contributed by atoms with Crippen LogP contribution < -0.4 is 15.1 Å². The molecule has 1 fully saturated rings. The Kier molecular flexibility index (Phi) is 5.63. The highest BCUT2D eigenvalue weighted by molar-refractivity contribution is 5.73. The number of hydrogen-bond acceptors (Lipinski definition) is 7. The van der Waals surface area contributed by atoms with Gasteiger partial charge in [0.1, 0.15) is 0 Å². The highest BCUT2D eigenvalue weighted by atomic mass is 16.5. The fraction of sp³-hybridized carbons (Fsp3) is 0.286. The van der Waals surface area contributed by atoms with Crippen molar-refractivity contribution in [3.05, 3.63) is 66.4 Å². The first-order valence-corrected chi connectivity index (χ1v) is 9.43. The molecule has 0 bridgehead atoms. The lowest BCUT2D eigenvalue weighted by molar-refractivity contribution is 0.123. The zero-order valence-corrected chi connectivity index (χ0v) is 16.0. The Morgan fingerprint density at radius 2 is 1.79 bits per heavy atom. The van der Waals surface area contributed by atoms with Crippen LogP contribution in [-0.4, -0.2) is 48.5 Å². The van der Waals surface area contributed by atoms with E-state index < -0.39 is 0 Å². The third-order valence-corrected chi connectivity index (χ3v) is 4.70. The van der Waals surface area contributed by atoms with Gasteiger partial charge in [0, 0.05) is 26.7 Å². The number of para-hydroxylation sites is 2. The molecule has 1 N–H and O–H groups in total. The summed E-state index contributed by atoms with van der Waals surface area (Å²) in [5, 5.41) is 11.6. The maximum absolute atomic E-state index is 5.47. The molecule has 1 aromatic heterocycles. The number of benzene rings is 2. The van der Waals surface area contributed by atoms with Crippen molar-refractivity contribution in [2.75, 3.05) is 48.5 Å². The molecule has 144 valence electrons. The minimum Gasteiger partial charge on any atom is -0.378 e. The van der Waals surface area contributed by atoms with Crippen LogP contribution in [0.2, 0.25) is 0 Å². The third-order valence-electron chi connectivity index (χ3n) is 4.70. The van der Waals surface area contributed by atoms with Crippen LogP contribution in [0.5, 0.6) is 0 Å². The summed E-state index contributed by atoms with van der Waals surface area (Å²) >= 11 is 0. The number of nitrogens with zero attached hydrogens (tertiary/aromatic N) is 5. The number of rotatable bonds is 6. The largest absolute Gasteiger partial charge is 0.378 e. The first-order valence-electron chi connectivity index (χ1n) is 9.43. The predicted octanol–water partition coefficient (Wildman–Crippen LogP) is 3.09. The van der Waals surface area contributed by atoms with Gasteiger partial charge in [-0.15, -0.1) is 5.10 Å². The minimum atomic E-state index is 0.484. The van der Waals surface area contributed by atoms with Crippen molar-refractivity contribution in [1.82, 2.24) is 15.2 Å². The van der Waals surface area contributed by atoms with E-state index in [1.165, 1.54) is 5.56 Å². The molecule has 0 aliphatic carbocycles. The standard InChI is InChI=1S/C21H24N6O/c1-26(16-17-7-3-2-4-8-17)20-15-22-25-21(24-20)23-18-9-5-6-10-19(18)27-11-13-28-14-12-27/h2-10,15H,11-14,16H2,1H3,(H,23,24,25). The Morgan fingerprint density at radius 3 is 2.61 bits per heavy atom. The molecular formula is C21H24N6O. The molecule has 1 aliphatic rings. The number of anilines is 4. The van der Waals surface area contributed by atoms with Crippen molar-refractivity contribution in [2.45, 2.75) is 6.54 Å². The summed E-state index contributed by atoms with van der Waals surface area (Å²) < 4.78 is 5.47. The Bertz CT molecular complexity index is 898. The molecule has 2 aromatic carbocycles. The number of ether oxygens (including phenoxy) is 1. The number of hydrogen-bond donors (Lipinski definition) is 1. The van der Waals surface area contributed by atoms with E-state index in [-0.39, 0.29) is 0 Å². The van der Waals surface area contributed by atoms with Gasteiger partial charge in [-0.05, 0) is 17.7 Å². The van der Waals surface area contributed by atoms with Crippen LogP contribution in [0.15, 0.2) is 60.8 Å². The van der Waals surface area contributed by atoms with Crippen LogP contribution in [0.1, 0.15) is 5.56 Å². The van der Waals surface area contributed by atoms with E-state index in [9.17, 15) is 0 Å². The molecule has 1 saturated heterocycles. The predicted molar refractivity (Wildman–Crippen MR) is 111 cm³/mol. The molecule has 0 saturated carbocycles. The van der Waals surface area contributed by atoms with Gasteiger partial charge in [0.05, 0.1) is 30.8 Å². The first-order chi connectivity index (χ1) is 13.8. The number of morpholine rings is 1. The Hall–Kier alpha value is -3.19. The summed E-state index contributed by atoms with van der Waals surface area (Å²) in [7, 11) is 2.00. The third kappa shape index (κ3) is 4.37. The lowest BCUT2D eigenvalue weighted by atomic mass is 10.2. The molecule has 0 amide bonds. The lowest BCUT2D eigenvalue weighted by Crippen LogP contribution is -2.36. The normalized spacial score (nSPS) is 14.0. The van der Waals surface area contributed by atoms with Gasteiger partial charge in [-0.2, -0.15) is 10.1 Å². The zero-order chi connectivity index (χ0) is 19.2. The summed E-state index contributed by atoms with van der Waals surface area (Å²) in [4.78, 5) is 9.02. The molecule has 28 heavy (non-hydrogen) atoms. The smallest absolute Gasteiger partial charge is 0.249 e. The molecule has 0 spiro atoms. The fourth-order valence-electron chi connectivity index (χ4n) is 3.25. The van der Waals surface area contributed by atoms with Gasteiger partial charge in [0.15, 0.2) is 5.82 Å². The van der Waals surface area contributed by atoms with Crippen LogP contribution in [0.3, 0.4) is 0 Å². The van der Waals surface area contributed by atoms with Crippen LogP contribution in [0.25, 0.3) is 0 Å². The Balaban J connectivity index is 1.51. The highest BCUT2D eigenvalue weighted by Gasteiger charge is 2.15. The number of aromatic nitrogens is 3. The second-order valence-corrected chi connectivity index (χ2v) is 6.72. The lowest BCUT2D eigenvalue weighted by Gasteiger charge is -2.30. The van der Waals surface area contributed by atoms with Crippen molar-refractivity contribution >= 4 is 23.1 Å². The molecule has 4 rings (SSSR count). The van der Waals surface area contributed by atoms with Crippen LogP contribution >= 0.6 is 0 Å². The van der Waals surface area contributed by atoms with Gasteiger partial charge in [-0.1, -0.05) is 42.5 Å². The highest BCUT2D eigenvalue weighted by Crippen LogP contribution is 2.28. The van der Waals surface area contributed by atoms with Crippen molar-refractivity contribution < 1.29 is 4.74 Å². The second kappa shape index (κ2) is 8.67. The fourth-order valence-corrected chi connectivity index (χ4v) is 3.25. The topological polar surface area (TPSA) is 66.4 Å². The summed E-state index contributed by atoms with van der Waals surface area (Å²) in [6.07, 6.45) is 1.68. The van der Waals surface area contributed by atoms with Gasteiger partial charge < -0.3 is 19.9 Å². The van der Waals surface area contributed by atoms with E-state index in [2.05, 4.69) is 48.5 Å². The monoisotopic (exact) mass is 376 g/mol. The molecule has 0 atom stereocenters. The van der Waals surface area contributed by atoms with Gasteiger partial charge in [-0.25, -0.2) is 0 Å². The van der Waals surface area contributed by atoms with Crippen LogP contribution in [0, 0.1) is 0 Å². The van der Waals surface area contributed by atoms with Crippen molar-refractivity contribution in [3.8, 4) is 0 Å². The second-order valence-electron chi connectivity index (χ2n) is 6.72. The molecule has 7 nitrogen and oxygen atoms in total. The number of nitrogens with one attached hydrogen (secondary N) is 1. The van der Waals surface area contributed by atoms with Gasteiger partial charge in [-0.3, -0.25) is 0 Å². The minimum absolute atomic E-state index is 0.484. The van der Waals surface area contributed by atoms with Gasteiger partial charge >= 0.3 is 0 Å². The molecular weight excluding hydrogens is 352 g/mol. The van der Waals surface area contributed by atoms with Crippen molar-refractivity contribution in [2.24, 2.45) is 0 Å². The average molecular weight is 376 g/mol. The Morgan fingerprint density at radius 1 is 1.04 bits per heavy atom. The van der Waals surface area contributed by atoms with E-state index in [4.69, 9.17) is 4.74 Å². The SMILES string of the molecule is CN(Cc1ccccc1)c1cnnc(Nc2ccccc2N2CCOCC2)n1. The zero-order valence-electron chi connectivity index (χ0n) is 16.0. The van der Waals surface area contributed by atoms with Gasteiger partial charge in [0.25, 0.3) is 0 Å². The van der Waals surface area contributed by atoms with E-state index in [0.29, 0.717) is 5.95 Å². The average Bonchev–Trinajstić information content (AvgIpc) is 2.76. The quantitative estimate of drug-likeness (QED) is 0.709. The maximum Gasteiger partial charge on any atom is 0.249 e. The molecule has 7 heteroatoms. The summed E-state index contributed by atoms with van der Waals surface area (Å²) in [5.74, 6) is 1.25.